The van der Waals surface area contributed by atoms with E-state index in [1.807, 2.05) is 72.8 Å². The number of carboxylic acids is 1. The molecule has 0 aromatic heterocycles. The van der Waals surface area contributed by atoms with Gasteiger partial charge in [-0.2, -0.15) is 0 Å². The van der Waals surface area contributed by atoms with E-state index in [0.29, 0.717) is 32.5 Å². The highest BCUT2D eigenvalue weighted by Crippen LogP contribution is 2.35. The Morgan fingerprint density at radius 1 is 1.03 bits per heavy atom. The van der Waals surface area contributed by atoms with Crippen molar-refractivity contribution in [1.29, 1.82) is 0 Å². The first-order valence-electron chi connectivity index (χ1n) is 11.8. The van der Waals surface area contributed by atoms with E-state index >= 15 is 0 Å². The topological polar surface area (TPSA) is 94.5 Å². The molecule has 182 valence electrons. The number of ether oxygens (including phenoxy) is 4. The number of aliphatic carboxylic acids is 1. The SMILES string of the molecule is O=C(O)CC/C=C\C[C@@H]1O[C@@H]2CO[C@@H](c3ccccc3)O[C@H]2[C@H](OCc2ccccc2)C[C@H]1O. The molecule has 0 bridgehead atoms. The van der Waals surface area contributed by atoms with Crippen LogP contribution in [0.1, 0.15) is 43.1 Å². The highest BCUT2D eigenvalue weighted by atomic mass is 16.7. The van der Waals surface area contributed by atoms with Crippen LogP contribution in [0, 0.1) is 0 Å². The van der Waals surface area contributed by atoms with Crippen LogP contribution in [-0.4, -0.2) is 53.3 Å². The molecule has 2 aromatic rings. The van der Waals surface area contributed by atoms with E-state index in [2.05, 4.69) is 0 Å². The standard InChI is InChI=1S/C27H32O7/c28-21-16-23(31-17-19-10-4-1-5-11-19)26-24(33-22(21)14-8-3-9-15-25(29)30)18-32-27(34-26)20-12-6-2-7-13-20/h1-8,10-13,21-24,26-28H,9,14-18H2,(H,29,30)/b8-3-/t21-,22+,23-,24-,26+,27-/m1/s1. The van der Waals surface area contributed by atoms with Gasteiger partial charge in [0.1, 0.15) is 12.2 Å². The molecule has 0 aliphatic carbocycles. The van der Waals surface area contributed by atoms with E-state index < -0.39 is 36.7 Å². The zero-order chi connectivity index (χ0) is 23.8. The number of hydrogen-bond acceptors (Lipinski definition) is 6. The van der Waals surface area contributed by atoms with Crippen molar-refractivity contribution in [2.24, 2.45) is 0 Å². The average Bonchev–Trinajstić information content (AvgIpc) is 2.99. The number of carboxylic acid groups (broad SMARTS) is 1. The molecule has 2 saturated heterocycles. The van der Waals surface area contributed by atoms with Gasteiger partial charge in [-0.1, -0.05) is 72.8 Å². The van der Waals surface area contributed by atoms with Crippen LogP contribution < -0.4 is 0 Å². The Morgan fingerprint density at radius 3 is 2.50 bits per heavy atom. The largest absolute Gasteiger partial charge is 0.481 e. The summed E-state index contributed by atoms with van der Waals surface area (Å²) in [5, 5.41) is 19.8. The first-order chi connectivity index (χ1) is 16.6. The quantitative estimate of drug-likeness (QED) is 0.537. The van der Waals surface area contributed by atoms with Crippen LogP contribution in [0.3, 0.4) is 0 Å². The van der Waals surface area contributed by atoms with Crippen molar-refractivity contribution >= 4 is 5.97 Å². The molecule has 0 unspecified atom stereocenters. The lowest BCUT2D eigenvalue weighted by Crippen LogP contribution is -2.48. The molecular weight excluding hydrogens is 436 g/mol. The van der Waals surface area contributed by atoms with Gasteiger partial charge in [0.15, 0.2) is 6.29 Å². The summed E-state index contributed by atoms with van der Waals surface area (Å²) in [4.78, 5) is 10.7. The Hall–Kier alpha value is -2.55. The second kappa shape index (κ2) is 12.2. The van der Waals surface area contributed by atoms with E-state index in [-0.39, 0.29) is 12.5 Å². The number of allylic oxidation sites excluding steroid dienone is 1. The third-order valence-electron chi connectivity index (χ3n) is 6.12. The molecule has 2 fully saturated rings. The van der Waals surface area contributed by atoms with E-state index in [4.69, 9.17) is 24.1 Å². The van der Waals surface area contributed by atoms with Crippen LogP contribution in [0.2, 0.25) is 0 Å². The van der Waals surface area contributed by atoms with Crippen LogP contribution >= 0.6 is 0 Å². The van der Waals surface area contributed by atoms with Crippen LogP contribution in [0.4, 0.5) is 0 Å². The normalized spacial score (nSPS) is 29.4. The molecule has 7 nitrogen and oxygen atoms in total. The van der Waals surface area contributed by atoms with Crippen molar-refractivity contribution < 1.29 is 34.0 Å². The zero-order valence-electron chi connectivity index (χ0n) is 19.1. The molecule has 7 heteroatoms. The lowest BCUT2D eigenvalue weighted by atomic mass is 10.00. The molecule has 4 rings (SSSR count). The van der Waals surface area contributed by atoms with Gasteiger partial charge in [-0.15, -0.1) is 0 Å². The highest BCUT2D eigenvalue weighted by molar-refractivity contribution is 5.66. The predicted molar refractivity (Wildman–Crippen MR) is 125 cm³/mol. The van der Waals surface area contributed by atoms with Crippen LogP contribution in [0.25, 0.3) is 0 Å². The number of fused-ring (bicyclic) bond motifs is 1. The fraction of sp³-hybridized carbons (Fsp3) is 0.444. The summed E-state index contributed by atoms with van der Waals surface area (Å²) in [6.07, 6.45) is 2.12. The Labute approximate surface area is 199 Å². The van der Waals surface area contributed by atoms with Crippen molar-refractivity contribution in [3.05, 3.63) is 83.9 Å². The predicted octanol–water partition coefficient (Wildman–Crippen LogP) is 4.02. The Balaban J connectivity index is 1.47. The number of rotatable bonds is 9. The number of carbonyl (C=O) groups is 1. The second-order valence-corrected chi connectivity index (χ2v) is 8.67. The maximum Gasteiger partial charge on any atom is 0.303 e. The smallest absolute Gasteiger partial charge is 0.303 e. The summed E-state index contributed by atoms with van der Waals surface area (Å²) in [5.74, 6) is -0.832. The molecule has 2 heterocycles. The molecule has 2 aliphatic rings. The van der Waals surface area contributed by atoms with Gasteiger partial charge in [0.2, 0.25) is 0 Å². The first-order valence-corrected chi connectivity index (χ1v) is 11.8. The van der Waals surface area contributed by atoms with E-state index in [1.54, 1.807) is 0 Å². The van der Waals surface area contributed by atoms with Gasteiger partial charge in [-0.25, -0.2) is 0 Å². The van der Waals surface area contributed by atoms with Crippen LogP contribution in [0.5, 0.6) is 0 Å². The van der Waals surface area contributed by atoms with Crippen molar-refractivity contribution in [1.82, 2.24) is 0 Å². The molecule has 0 saturated carbocycles. The van der Waals surface area contributed by atoms with Gasteiger partial charge in [0, 0.05) is 18.4 Å². The Kier molecular flexibility index (Phi) is 8.85. The monoisotopic (exact) mass is 468 g/mol. The summed E-state index contributed by atoms with van der Waals surface area (Å²) < 4.78 is 24.9. The molecule has 34 heavy (non-hydrogen) atoms. The minimum atomic E-state index is -0.832. The van der Waals surface area contributed by atoms with Gasteiger partial charge in [0.25, 0.3) is 0 Å². The number of benzene rings is 2. The van der Waals surface area contributed by atoms with Gasteiger partial charge in [-0.3, -0.25) is 4.79 Å². The van der Waals surface area contributed by atoms with Crippen molar-refractivity contribution in [3.8, 4) is 0 Å². The van der Waals surface area contributed by atoms with Gasteiger partial charge < -0.3 is 29.2 Å². The van der Waals surface area contributed by atoms with Crippen molar-refractivity contribution in [3.63, 3.8) is 0 Å². The molecule has 0 radical (unpaired) electrons. The minimum Gasteiger partial charge on any atom is -0.481 e. The van der Waals surface area contributed by atoms with Crippen molar-refractivity contribution in [2.45, 2.75) is 69.1 Å². The summed E-state index contributed by atoms with van der Waals surface area (Å²) in [7, 11) is 0. The molecular formula is C27H32O7. The lowest BCUT2D eigenvalue weighted by Gasteiger charge is -2.39. The van der Waals surface area contributed by atoms with E-state index in [0.717, 1.165) is 11.1 Å². The fourth-order valence-corrected chi connectivity index (χ4v) is 4.32. The Bertz CT molecular complexity index is 917. The molecule has 2 aliphatic heterocycles. The third-order valence-corrected chi connectivity index (χ3v) is 6.12. The maximum absolute atomic E-state index is 11.0. The highest BCUT2D eigenvalue weighted by Gasteiger charge is 2.45. The van der Waals surface area contributed by atoms with Crippen LogP contribution in [0.15, 0.2) is 72.8 Å². The summed E-state index contributed by atoms with van der Waals surface area (Å²) >= 11 is 0. The zero-order valence-corrected chi connectivity index (χ0v) is 19.1. The average molecular weight is 469 g/mol. The van der Waals surface area contributed by atoms with Gasteiger partial charge in [-0.05, 0) is 18.4 Å². The lowest BCUT2D eigenvalue weighted by molar-refractivity contribution is -0.288. The molecule has 0 spiro atoms. The number of hydrogen-bond donors (Lipinski definition) is 2. The molecule has 2 aromatic carbocycles. The fourth-order valence-electron chi connectivity index (χ4n) is 4.32. The third kappa shape index (κ3) is 6.74. The summed E-state index contributed by atoms with van der Waals surface area (Å²) in [6.45, 7) is 0.725. The van der Waals surface area contributed by atoms with E-state index in [9.17, 15) is 9.90 Å². The summed E-state index contributed by atoms with van der Waals surface area (Å²) in [5.41, 5.74) is 1.97. The Morgan fingerprint density at radius 2 is 1.76 bits per heavy atom. The molecule has 2 N–H and O–H groups in total. The summed E-state index contributed by atoms with van der Waals surface area (Å²) in [6, 6.07) is 19.7. The van der Waals surface area contributed by atoms with Crippen molar-refractivity contribution in [2.75, 3.05) is 6.61 Å². The van der Waals surface area contributed by atoms with Gasteiger partial charge in [0.05, 0.1) is 31.5 Å². The second-order valence-electron chi connectivity index (χ2n) is 8.67. The van der Waals surface area contributed by atoms with Gasteiger partial charge >= 0.3 is 5.97 Å². The molecule has 0 amide bonds. The van der Waals surface area contributed by atoms with Crippen LogP contribution in [-0.2, 0) is 30.3 Å². The maximum atomic E-state index is 11.0. The van der Waals surface area contributed by atoms with E-state index in [1.165, 1.54) is 0 Å². The molecule has 6 atom stereocenters. The number of aliphatic hydroxyl groups excluding tert-OH is 1. The number of aliphatic hydroxyl groups is 1. The first kappa shape index (κ1) is 24.6. The minimum absolute atomic E-state index is 0.0766.